The Balaban J connectivity index is 1.28. The second-order valence-corrected chi connectivity index (χ2v) is 11.3. The molecule has 4 atom stereocenters. The first-order valence-corrected chi connectivity index (χ1v) is 12.6. The smallest absolute Gasteiger partial charge is 0.252 e. The van der Waals surface area contributed by atoms with Crippen LogP contribution in [0.15, 0.2) is 30.7 Å². The molecular weight excluding hydrogens is 459 g/mol. The molecule has 3 aliphatic carbocycles. The number of rotatable bonds is 5. The molecule has 6 rings (SSSR count). The van der Waals surface area contributed by atoms with Gasteiger partial charge in [-0.2, -0.15) is 5.26 Å². The fourth-order valence-corrected chi connectivity index (χ4v) is 6.57. The fraction of sp³-hybridized carbons (Fsp3) is 0.538. The first-order chi connectivity index (χ1) is 17.3. The van der Waals surface area contributed by atoms with Gasteiger partial charge in [0.05, 0.1) is 23.5 Å². The number of aromatic hydroxyl groups is 1. The van der Waals surface area contributed by atoms with E-state index in [1.54, 1.807) is 18.3 Å². The topological polar surface area (TPSA) is 117 Å². The molecule has 1 N–H and O–H groups in total. The maximum atomic E-state index is 16.0. The van der Waals surface area contributed by atoms with Crippen molar-refractivity contribution in [1.82, 2.24) is 29.9 Å². The highest BCUT2D eigenvalue weighted by atomic mass is 19.1. The summed E-state index contributed by atoms with van der Waals surface area (Å²) in [6.45, 7) is 4.43. The Hall–Kier alpha value is -3.61. The summed E-state index contributed by atoms with van der Waals surface area (Å²) in [6.07, 6.45) is 9.15. The van der Waals surface area contributed by atoms with Crippen molar-refractivity contribution in [1.29, 1.82) is 5.26 Å². The van der Waals surface area contributed by atoms with Crippen molar-refractivity contribution >= 4 is 5.82 Å². The summed E-state index contributed by atoms with van der Waals surface area (Å²) in [7, 11) is 0. The van der Waals surface area contributed by atoms with E-state index in [4.69, 9.17) is 5.26 Å². The number of nitriles is 1. The zero-order valence-electron chi connectivity index (χ0n) is 20.5. The van der Waals surface area contributed by atoms with E-state index in [1.807, 2.05) is 6.07 Å². The van der Waals surface area contributed by atoms with Crippen LogP contribution in [0.5, 0.6) is 5.75 Å². The Labute approximate surface area is 209 Å². The van der Waals surface area contributed by atoms with Gasteiger partial charge in [-0.3, -0.25) is 0 Å². The summed E-state index contributed by atoms with van der Waals surface area (Å²) in [5.74, 6) is 0.886. The third kappa shape index (κ3) is 3.87. The van der Waals surface area contributed by atoms with E-state index < -0.39 is 6.17 Å². The minimum atomic E-state index is -0.914. The van der Waals surface area contributed by atoms with Crippen LogP contribution in [-0.2, 0) is 0 Å². The summed E-state index contributed by atoms with van der Waals surface area (Å²) in [4.78, 5) is 10.5. The van der Waals surface area contributed by atoms with Crippen molar-refractivity contribution in [2.75, 3.05) is 4.90 Å². The number of phenolic OH excluding ortho intramolecular Hbond substituents is 1. The van der Waals surface area contributed by atoms with Crippen LogP contribution in [0.1, 0.15) is 64.6 Å². The molecule has 2 aromatic heterocycles. The minimum Gasteiger partial charge on any atom is -0.507 e. The van der Waals surface area contributed by atoms with Crippen molar-refractivity contribution in [3.63, 3.8) is 0 Å². The van der Waals surface area contributed by atoms with Gasteiger partial charge in [0.15, 0.2) is 11.6 Å². The van der Waals surface area contributed by atoms with Crippen LogP contribution in [0.2, 0.25) is 0 Å². The van der Waals surface area contributed by atoms with Gasteiger partial charge in [-0.05, 0) is 56.1 Å². The van der Waals surface area contributed by atoms with Crippen molar-refractivity contribution in [2.24, 2.45) is 10.8 Å². The molecule has 3 aromatic rings. The van der Waals surface area contributed by atoms with E-state index in [1.165, 1.54) is 17.1 Å². The molecule has 0 radical (unpaired) electrons. The van der Waals surface area contributed by atoms with Gasteiger partial charge in [0.1, 0.15) is 24.3 Å². The predicted octanol–water partition coefficient (Wildman–Crippen LogP) is 4.36. The number of nitrogens with zero attached hydrogens (tertiary/aromatic N) is 8. The molecule has 2 bridgehead atoms. The molecule has 2 heterocycles. The van der Waals surface area contributed by atoms with Gasteiger partial charge >= 0.3 is 0 Å². The lowest BCUT2D eigenvalue weighted by Gasteiger charge is -2.56. The minimum absolute atomic E-state index is 0.0418. The van der Waals surface area contributed by atoms with Crippen molar-refractivity contribution < 1.29 is 9.50 Å². The van der Waals surface area contributed by atoms with Gasteiger partial charge in [-0.25, -0.2) is 19.0 Å². The monoisotopic (exact) mass is 488 g/mol. The number of fused-ring (bicyclic) bond motifs is 2. The van der Waals surface area contributed by atoms with E-state index in [0.29, 0.717) is 17.1 Å². The van der Waals surface area contributed by atoms with Crippen LogP contribution >= 0.6 is 0 Å². The molecule has 9 nitrogen and oxygen atoms in total. The first-order valence-electron chi connectivity index (χ1n) is 12.6. The van der Waals surface area contributed by atoms with Crippen molar-refractivity contribution in [3.8, 4) is 28.9 Å². The predicted molar refractivity (Wildman–Crippen MR) is 130 cm³/mol. The summed E-state index contributed by atoms with van der Waals surface area (Å²) < 4.78 is 17.4. The highest BCUT2D eigenvalue weighted by Crippen LogP contribution is 2.58. The second-order valence-electron chi connectivity index (χ2n) is 11.3. The van der Waals surface area contributed by atoms with E-state index in [2.05, 4.69) is 44.0 Å². The zero-order valence-corrected chi connectivity index (χ0v) is 20.5. The molecule has 36 heavy (non-hydrogen) atoms. The molecule has 0 aliphatic heterocycles. The van der Waals surface area contributed by atoms with Crippen LogP contribution < -0.4 is 4.90 Å². The quantitative estimate of drug-likeness (QED) is 0.563. The number of anilines is 1. The molecule has 0 spiro atoms. The Morgan fingerprint density at radius 3 is 2.69 bits per heavy atom. The van der Waals surface area contributed by atoms with Crippen LogP contribution in [-0.4, -0.2) is 53.3 Å². The van der Waals surface area contributed by atoms with Gasteiger partial charge in [-0.1, -0.05) is 20.3 Å². The second kappa shape index (κ2) is 8.22. The van der Waals surface area contributed by atoms with Gasteiger partial charge < -0.3 is 10.0 Å². The van der Waals surface area contributed by atoms with Gasteiger partial charge in [0.25, 0.3) is 5.82 Å². The molecule has 3 saturated carbocycles. The van der Waals surface area contributed by atoms with Crippen LogP contribution in [0, 0.1) is 22.2 Å². The Morgan fingerprint density at radius 2 is 2.03 bits per heavy atom. The average molecular weight is 489 g/mol. The molecule has 3 fully saturated rings. The van der Waals surface area contributed by atoms with Crippen molar-refractivity contribution in [3.05, 3.63) is 36.5 Å². The fourth-order valence-electron chi connectivity index (χ4n) is 6.57. The highest BCUT2D eigenvalue weighted by Gasteiger charge is 2.56. The van der Waals surface area contributed by atoms with E-state index >= 15 is 4.39 Å². The average Bonchev–Trinajstić information content (AvgIpc) is 3.57. The molecule has 1 aromatic carbocycles. The molecular formula is C26H29FN8O. The molecule has 186 valence electrons. The number of aromatic nitrogens is 6. The van der Waals surface area contributed by atoms with Crippen molar-refractivity contribution in [2.45, 2.75) is 77.0 Å². The van der Waals surface area contributed by atoms with Crippen LogP contribution in [0.25, 0.3) is 17.1 Å². The number of hydrogen-bond donors (Lipinski definition) is 1. The SMILES string of the molecule is C[C@]12CCC[C@](C)(C1)[C@H](F)[C@H](N(c1cnc(-c3ccc(-n4cnc(C#N)n4)cc3O)nn1)C1CC1)C2. The maximum Gasteiger partial charge on any atom is 0.252 e. The van der Waals surface area contributed by atoms with Crippen LogP contribution in [0.4, 0.5) is 10.2 Å². The lowest BCUT2D eigenvalue weighted by Crippen LogP contribution is -2.58. The zero-order chi connectivity index (χ0) is 25.1. The Bertz CT molecular complexity index is 1330. The maximum absolute atomic E-state index is 16.0. The lowest BCUT2D eigenvalue weighted by molar-refractivity contribution is -0.0554. The van der Waals surface area contributed by atoms with Gasteiger partial charge in [0.2, 0.25) is 0 Å². The molecule has 0 unspecified atom stereocenters. The third-order valence-corrected chi connectivity index (χ3v) is 8.25. The molecule has 10 heteroatoms. The third-order valence-electron chi connectivity index (χ3n) is 8.25. The Kier molecular flexibility index (Phi) is 5.21. The first kappa shape index (κ1) is 22.8. The summed E-state index contributed by atoms with van der Waals surface area (Å²) in [6, 6.07) is 6.84. The molecule has 0 amide bonds. The highest BCUT2D eigenvalue weighted by molar-refractivity contribution is 5.66. The molecule has 0 saturated heterocycles. The standard InChI is InChI=1S/C26H29FN8O/c1-25-8-3-9-26(2,14-25)23(27)19(11-25)35(16-4-5-16)22-13-29-24(32-31-22)18-7-6-17(10-20(18)36)34-15-30-21(12-28)33-34/h6-7,10,13,15-16,19,23,36H,3-5,8-9,11,14H2,1-2H3/t19-,23-,25-,26-/m1/s1. The molecule has 3 aliphatic rings. The largest absolute Gasteiger partial charge is 0.507 e. The summed E-state index contributed by atoms with van der Waals surface area (Å²) in [5, 5.41) is 32.4. The van der Waals surface area contributed by atoms with Gasteiger partial charge in [-0.15, -0.1) is 15.3 Å². The van der Waals surface area contributed by atoms with E-state index in [0.717, 1.165) is 44.9 Å². The lowest BCUT2D eigenvalue weighted by atomic mass is 9.54. The number of hydrogen-bond acceptors (Lipinski definition) is 8. The number of halogens is 1. The summed E-state index contributed by atoms with van der Waals surface area (Å²) in [5.41, 5.74) is 0.829. The van der Waals surface area contributed by atoms with Crippen LogP contribution in [0.3, 0.4) is 0 Å². The number of alkyl halides is 1. The van der Waals surface area contributed by atoms with E-state index in [9.17, 15) is 5.11 Å². The number of phenols is 1. The van der Waals surface area contributed by atoms with Gasteiger partial charge in [0, 0.05) is 17.5 Å². The normalized spacial score (nSPS) is 29.5. The number of benzene rings is 1. The van der Waals surface area contributed by atoms with E-state index in [-0.39, 0.29) is 40.3 Å². The Morgan fingerprint density at radius 1 is 1.19 bits per heavy atom. The summed E-state index contributed by atoms with van der Waals surface area (Å²) >= 11 is 0.